The number of hydrogen-bond donors (Lipinski definition) is 1. The van der Waals surface area contributed by atoms with Gasteiger partial charge in [0, 0.05) is 12.3 Å². The van der Waals surface area contributed by atoms with Crippen molar-refractivity contribution in [1.82, 2.24) is 9.78 Å². The van der Waals surface area contributed by atoms with Crippen LogP contribution in [0.4, 0.5) is 0 Å². The molecule has 18 heavy (non-hydrogen) atoms. The molecule has 6 nitrogen and oxygen atoms in total. The second-order valence-corrected chi connectivity index (χ2v) is 4.34. The second kappa shape index (κ2) is 5.97. The van der Waals surface area contributed by atoms with Crippen LogP contribution in [0, 0.1) is 6.92 Å². The molecule has 0 aliphatic carbocycles. The molecule has 1 N–H and O–H groups in total. The minimum atomic E-state index is -0.949. The van der Waals surface area contributed by atoms with E-state index in [9.17, 15) is 4.79 Å². The molecule has 0 amide bonds. The molecular formula is C12H18N2O4. The summed E-state index contributed by atoms with van der Waals surface area (Å²) < 4.78 is 12.7. The Bertz CT molecular complexity index is 410. The Morgan fingerprint density at radius 1 is 1.67 bits per heavy atom. The minimum absolute atomic E-state index is 0.117. The first-order chi connectivity index (χ1) is 8.68. The van der Waals surface area contributed by atoms with Gasteiger partial charge in [-0.15, -0.1) is 0 Å². The van der Waals surface area contributed by atoms with Crippen molar-refractivity contribution in [2.75, 3.05) is 13.2 Å². The normalized spacial score (nSPS) is 19.9. The van der Waals surface area contributed by atoms with E-state index < -0.39 is 5.97 Å². The quantitative estimate of drug-likeness (QED) is 0.860. The summed E-state index contributed by atoms with van der Waals surface area (Å²) in [5, 5.41) is 12.9. The number of hydrogen-bond acceptors (Lipinski definition) is 4. The zero-order valence-electron chi connectivity index (χ0n) is 10.5. The molecule has 1 aromatic heterocycles. The van der Waals surface area contributed by atoms with Gasteiger partial charge in [0.2, 0.25) is 0 Å². The largest absolute Gasteiger partial charge is 0.478 e. The molecule has 0 unspecified atom stereocenters. The Morgan fingerprint density at radius 3 is 3.11 bits per heavy atom. The highest BCUT2D eigenvalue weighted by atomic mass is 16.7. The lowest BCUT2D eigenvalue weighted by molar-refractivity contribution is -0.163. The number of carboxylic acids is 1. The van der Waals surface area contributed by atoms with Crippen molar-refractivity contribution in [3.8, 4) is 0 Å². The van der Waals surface area contributed by atoms with E-state index in [1.807, 2.05) is 0 Å². The number of aromatic nitrogens is 2. The molecule has 0 bridgehead atoms. The van der Waals surface area contributed by atoms with Crippen LogP contribution in [0.1, 0.15) is 35.3 Å². The predicted octanol–water partition coefficient (Wildman–Crippen LogP) is 1.43. The molecular weight excluding hydrogens is 236 g/mol. The minimum Gasteiger partial charge on any atom is -0.478 e. The predicted molar refractivity (Wildman–Crippen MR) is 63.5 cm³/mol. The number of carboxylic acid groups (broad SMARTS) is 1. The van der Waals surface area contributed by atoms with E-state index in [0.717, 1.165) is 25.9 Å². The molecule has 1 aromatic rings. The van der Waals surface area contributed by atoms with Gasteiger partial charge in [-0.2, -0.15) is 5.10 Å². The first-order valence-corrected chi connectivity index (χ1v) is 6.17. The van der Waals surface area contributed by atoms with Gasteiger partial charge in [0.1, 0.15) is 5.56 Å². The van der Waals surface area contributed by atoms with E-state index in [0.29, 0.717) is 18.8 Å². The lowest BCUT2D eigenvalue weighted by atomic mass is 10.2. The Kier molecular flexibility index (Phi) is 4.33. The molecule has 0 spiro atoms. The van der Waals surface area contributed by atoms with Crippen LogP contribution in [0.3, 0.4) is 0 Å². The van der Waals surface area contributed by atoms with Gasteiger partial charge >= 0.3 is 5.97 Å². The molecule has 2 rings (SSSR count). The Hall–Kier alpha value is -1.40. The Morgan fingerprint density at radius 2 is 2.50 bits per heavy atom. The van der Waals surface area contributed by atoms with E-state index in [-0.39, 0.29) is 11.9 Å². The highest BCUT2D eigenvalue weighted by Gasteiger charge is 2.15. The van der Waals surface area contributed by atoms with Crippen LogP contribution in [0.25, 0.3) is 0 Å². The van der Waals surface area contributed by atoms with E-state index in [2.05, 4.69) is 5.10 Å². The summed E-state index contributed by atoms with van der Waals surface area (Å²) in [6.45, 7) is 3.52. The van der Waals surface area contributed by atoms with Crippen molar-refractivity contribution in [2.45, 2.75) is 39.0 Å². The summed E-state index contributed by atoms with van der Waals surface area (Å²) in [7, 11) is 0. The van der Waals surface area contributed by atoms with E-state index in [1.165, 1.54) is 6.20 Å². The van der Waals surface area contributed by atoms with Gasteiger partial charge < -0.3 is 14.6 Å². The molecule has 1 saturated heterocycles. The van der Waals surface area contributed by atoms with Crippen molar-refractivity contribution in [2.24, 2.45) is 0 Å². The number of aromatic carboxylic acids is 1. The average molecular weight is 254 g/mol. The van der Waals surface area contributed by atoms with Gasteiger partial charge in [-0.3, -0.25) is 4.68 Å². The van der Waals surface area contributed by atoms with Crippen LogP contribution in [-0.4, -0.2) is 40.4 Å². The van der Waals surface area contributed by atoms with Crippen LogP contribution >= 0.6 is 0 Å². The molecule has 0 saturated carbocycles. The summed E-state index contributed by atoms with van der Waals surface area (Å²) >= 11 is 0. The van der Waals surface area contributed by atoms with Crippen molar-refractivity contribution in [3.05, 3.63) is 17.5 Å². The summed E-state index contributed by atoms with van der Waals surface area (Å²) in [6.07, 6.45) is 4.41. The highest BCUT2D eigenvalue weighted by Crippen LogP contribution is 2.14. The van der Waals surface area contributed by atoms with E-state index in [4.69, 9.17) is 14.6 Å². The van der Waals surface area contributed by atoms with Crippen molar-refractivity contribution >= 4 is 5.97 Å². The highest BCUT2D eigenvalue weighted by molar-refractivity contribution is 5.88. The fourth-order valence-corrected chi connectivity index (χ4v) is 2.00. The molecule has 0 radical (unpaired) electrons. The zero-order chi connectivity index (χ0) is 13.0. The summed E-state index contributed by atoms with van der Waals surface area (Å²) in [4.78, 5) is 10.9. The zero-order valence-corrected chi connectivity index (χ0v) is 10.5. The van der Waals surface area contributed by atoms with Gasteiger partial charge in [-0.25, -0.2) is 4.79 Å². The second-order valence-electron chi connectivity index (χ2n) is 4.34. The van der Waals surface area contributed by atoms with Gasteiger partial charge in [0.25, 0.3) is 0 Å². The maximum absolute atomic E-state index is 10.9. The van der Waals surface area contributed by atoms with E-state index in [1.54, 1.807) is 11.6 Å². The van der Waals surface area contributed by atoms with Gasteiger partial charge in [0.15, 0.2) is 6.29 Å². The third-order valence-electron chi connectivity index (χ3n) is 3.08. The molecule has 1 aliphatic heterocycles. The Balaban J connectivity index is 1.81. The summed E-state index contributed by atoms with van der Waals surface area (Å²) in [6, 6.07) is 0. The maximum atomic E-state index is 10.9. The number of carbonyl (C=O) groups is 1. The molecule has 2 heterocycles. The van der Waals surface area contributed by atoms with Gasteiger partial charge in [0.05, 0.1) is 19.3 Å². The van der Waals surface area contributed by atoms with Gasteiger partial charge in [-0.05, 0) is 26.2 Å². The third-order valence-corrected chi connectivity index (χ3v) is 3.08. The van der Waals surface area contributed by atoms with Gasteiger partial charge in [-0.1, -0.05) is 0 Å². The Labute approximate surface area is 106 Å². The first-order valence-electron chi connectivity index (χ1n) is 6.17. The fourth-order valence-electron chi connectivity index (χ4n) is 2.00. The lowest BCUT2D eigenvalue weighted by Gasteiger charge is -2.22. The van der Waals surface area contributed by atoms with Crippen LogP contribution in [0.2, 0.25) is 0 Å². The first kappa shape index (κ1) is 13.0. The standard InChI is InChI=1S/C12H18N2O4/c1-9-10(12(15)16)8-13-14(9)5-7-18-11-4-2-3-6-17-11/h8,11H,2-7H2,1H3,(H,15,16)/t11-/m0/s1. The summed E-state index contributed by atoms with van der Waals surface area (Å²) in [5.74, 6) is -0.949. The number of rotatable bonds is 5. The average Bonchev–Trinajstić information content (AvgIpc) is 2.73. The maximum Gasteiger partial charge on any atom is 0.339 e. The summed E-state index contributed by atoms with van der Waals surface area (Å²) in [5.41, 5.74) is 0.888. The number of nitrogens with zero attached hydrogens (tertiary/aromatic N) is 2. The fraction of sp³-hybridized carbons (Fsp3) is 0.667. The number of ether oxygens (including phenoxy) is 2. The monoisotopic (exact) mass is 254 g/mol. The van der Waals surface area contributed by atoms with Crippen molar-refractivity contribution in [1.29, 1.82) is 0 Å². The smallest absolute Gasteiger partial charge is 0.339 e. The third kappa shape index (κ3) is 3.08. The van der Waals surface area contributed by atoms with Crippen LogP contribution in [-0.2, 0) is 16.0 Å². The van der Waals surface area contributed by atoms with Crippen LogP contribution in [0.15, 0.2) is 6.20 Å². The molecule has 1 atom stereocenters. The molecule has 0 aromatic carbocycles. The SMILES string of the molecule is Cc1c(C(=O)O)cnn1CCO[C@H]1CCCCO1. The van der Waals surface area contributed by atoms with Crippen molar-refractivity contribution < 1.29 is 19.4 Å². The molecule has 100 valence electrons. The lowest BCUT2D eigenvalue weighted by Crippen LogP contribution is -2.24. The molecule has 1 aliphatic rings. The molecule has 1 fully saturated rings. The van der Waals surface area contributed by atoms with E-state index >= 15 is 0 Å². The van der Waals surface area contributed by atoms with Crippen LogP contribution in [0.5, 0.6) is 0 Å². The topological polar surface area (TPSA) is 73.6 Å². The van der Waals surface area contributed by atoms with Crippen molar-refractivity contribution in [3.63, 3.8) is 0 Å². The molecule has 6 heteroatoms. The van der Waals surface area contributed by atoms with Crippen LogP contribution < -0.4 is 0 Å².